The number of halogens is 3. The van der Waals surface area contributed by atoms with Crippen molar-refractivity contribution in [2.75, 3.05) is 5.32 Å². The van der Waals surface area contributed by atoms with Crippen LogP contribution in [0.15, 0.2) is 66.9 Å². The molecule has 0 atom stereocenters. The number of nitriles is 1. The molecule has 0 bridgehead atoms. The van der Waals surface area contributed by atoms with Gasteiger partial charge < -0.3 is 5.32 Å². The molecule has 0 saturated heterocycles. The Labute approximate surface area is 157 Å². The lowest BCUT2D eigenvalue weighted by molar-refractivity contribution is -0.140. The van der Waals surface area contributed by atoms with Crippen molar-refractivity contribution in [1.29, 1.82) is 5.26 Å². The third-order valence-electron chi connectivity index (χ3n) is 4.08. The quantitative estimate of drug-likeness (QED) is 0.542. The van der Waals surface area contributed by atoms with Gasteiger partial charge in [0.15, 0.2) is 5.69 Å². The molecule has 1 aromatic carbocycles. The summed E-state index contributed by atoms with van der Waals surface area (Å²) in [7, 11) is 0. The first kappa shape index (κ1) is 17.5. The van der Waals surface area contributed by atoms with Gasteiger partial charge in [-0.3, -0.25) is 4.40 Å². The van der Waals surface area contributed by atoms with Gasteiger partial charge in [0.2, 0.25) is 0 Å². The maximum Gasteiger partial charge on any atom is 0.435 e. The van der Waals surface area contributed by atoms with Gasteiger partial charge in [0.25, 0.3) is 0 Å². The van der Waals surface area contributed by atoms with Crippen molar-refractivity contribution in [1.82, 2.24) is 14.4 Å². The van der Waals surface area contributed by atoms with Gasteiger partial charge >= 0.3 is 6.18 Å². The number of pyridine rings is 2. The summed E-state index contributed by atoms with van der Waals surface area (Å²) in [5, 5.41) is 11.9. The molecule has 0 aliphatic heterocycles. The molecule has 0 fully saturated rings. The van der Waals surface area contributed by atoms with Gasteiger partial charge in [-0.05, 0) is 48.5 Å². The standard InChI is InChI=1S/C20H12F3N5/c21-20(22,23)19-18(28-11-2-1-6-17(28)27-19)15-4-3-5-16(26-15)25-14-9-7-13(12-24)8-10-14/h1-11H,(H,25,26). The van der Waals surface area contributed by atoms with Crippen LogP contribution in [-0.4, -0.2) is 14.4 Å². The first-order chi connectivity index (χ1) is 13.5. The highest BCUT2D eigenvalue weighted by molar-refractivity contribution is 5.67. The lowest BCUT2D eigenvalue weighted by atomic mass is 10.2. The second-order valence-electron chi connectivity index (χ2n) is 5.96. The van der Waals surface area contributed by atoms with Gasteiger partial charge in [-0.2, -0.15) is 18.4 Å². The number of fused-ring (bicyclic) bond motifs is 1. The summed E-state index contributed by atoms with van der Waals surface area (Å²) in [6.45, 7) is 0. The van der Waals surface area contributed by atoms with E-state index in [1.807, 2.05) is 6.07 Å². The minimum atomic E-state index is -4.61. The van der Waals surface area contributed by atoms with Crippen molar-refractivity contribution < 1.29 is 13.2 Å². The van der Waals surface area contributed by atoms with Gasteiger partial charge in [0.05, 0.1) is 17.3 Å². The molecule has 0 unspecified atom stereocenters. The molecule has 8 heteroatoms. The second-order valence-corrected chi connectivity index (χ2v) is 5.96. The van der Waals surface area contributed by atoms with Crippen LogP contribution in [-0.2, 0) is 6.18 Å². The van der Waals surface area contributed by atoms with Crippen LogP contribution in [0.1, 0.15) is 11.3 Å². The zero-order chi connectivity index (χ0) is 19.7. The van der Waals surface area contributed by atoms with Crippen LogP contribution in [0.25, 0.3) is 17.0 Å². The normalized spacial score (nSPS) is 11.4. The first-order valence-electron chi connectivity index (χ1n) is 8.24. The lowest BCUT2D eigenvalue weighted by Gasteiger charge is -2.10. The summed E-state index contributed by atoms with van der Waals surface area (Å²) in [6.07, 6.45) is -3.09. The molecule has 5 nitrogen and oxygen atoms in total. The topological polar surface area (TPSA) is 66.0 Å². The number of nitrogens with zero attached hydrogens (tertiary/aromatic N) is 4. The number of rotatable bonds is 3. The molecule has 28 heavy (non-hydrogen) atoms. The van der Waals surface area contributed by atoms with Crippen molar-refractivity contribution in [2.24, 2.45) is 0 Å². The largest absolute Gasteiger partial charge is 0.435 e. The van der Waals surface area contributed by atoms with Crippen molar-refractivity contribution in [2.45, 2.75) is 6.18 Å². The molecular weight excluding hydrogens is 367 g/mol. The van der Waals surface area contributed by atoms with E-state index >= 15 is 0 Å². The molecule has 4 aromatic rings. The number of hydrogen-bond acceptors (Lipinski definition) is 4. The molecule has 0 saturated carbocycles. The average molecular weight is 379 g/mol. The highest BCUT2D eigenvalue weighted by Crippen LogP contribution is 2.36. The van der Waals surface area contributed by atoms with Crippen molar-refractivity contribution >= 4 is 17.2 Å². The van der Waals surface area contributed by atoms with Crippen LogP contribution in [0.5, 0.6) is 0 Å². The third kappa shape index (κ3) is 3.25. The second kappa shape index (κ2) is 6.70. The molecule has 4 rings (SSSR count). The maximum absolute atomic E-state index is 13.5. The molecule has 3 heterocycles. The van der Waals surface area contributed by atoms with E-state index in [4.69, 9.17) is 5.26 Å². The van der Waals surface area contributed by atoms with Gasteiger partial charge in [-0.15, -0.1) is 0 Å². The number of benzene rings is 1. The number of aromatic nitrogens is 3. The van der Waals surface area contributed by atoms with Crippen LogP contribution in [0.2, 0.25) is 0 Å². The molecule has 138 valence electrons. The summed E-state index contributed by atoms with van der Waals surface area (Å²) in [5.74, 6) is 0.376. The Morgan fingerprint density at radius 1 is 0.929 bits per heavy atom. The Balaban J connectivity index is 1.78. The fraction of sp³-hybridized carbons (Fsp3) is 0.0500. The molecule has 0 aliphatic rings. The monoisotopic (exact) mass is 379 g/mol. The van der Waals surface area contributed by atoms with Crippen LogP contribution < -0.4 is 5.32 Å². The SMILES string of the molecule is N#Cc1ccc(Nc2cccc(-c3c(C(F)(F)F)nc4ccccn34)n2)cc1. The third-order valence-corrected chi connectivity index (χ3v) is 4.08. The first-order valence-corrected chi connectivity index (χ1v) is 8.24. The number of nitrogens with one attached hydrogen (secondary N) is 1. The predicted octanol–water partition coefficient (Wildman–Crippen LogP) is 5.03. The molecule has 0 radical (unpaired) electrons. The lowest BCUT2D eigenvalue weighted by Crippen LogP contribution is -2.08. The van der Waals surface area contributed by atoms with Crippen molar-refractivity contribution in [3.8, 4) is 17.5 Å². The van der Waals surface area contributed by atoms with Crippen LogP contribution in [0.4, 0.5) is 24.7 Å². The number of imidazole rings is 1. The zero-order valence-electron chi connectivity index (χ0n) is 14.3. The Morgan fingerprint density at radius 3 is 2.43 bits per heavy atom. The van der Waals surface area contributed by atoms with Crippen LogP contribution in [0, 0.1) is 11.3 Å². The van der Waals surface area contributed by atoms with E-state index in [0.29, 0.717) is 17.1 Å². The zero-order valence-corrected chi connectivity index (χ0v) is 14.3. The summed E-state index contributed by atoms with van der Waals surface area (Å²) >= 11 is 0. The Kier molecular flexibility index (Phi) is 4.20. The van der Waals surface area contributed by atoms with Crippen molar-refractivity contribution in [3.05, 3.63) is 78.1 Å². The van der Waals surface area contributed by atoms with E-state index in [0.717, 1.165) is 0 Å². The molecular formula is C20H12F3N5. The number of hydrogen-bond donors (Lipinski definition) is 1. The van der Waals surface area contributed by atoms with Crippen molar-refractivity contribution in [3.63, 3.8) is 0 Å². The highest BCUT2D eigenvalue weighted by Gasteiger charge is 2.38. The average Bonchev–Trinajstić information content (AvgIpc) is 3.09. The summed E-state index contributed by atoms with van der Waals surface area (Å²) in [4.78, 5) is 8.08. The van der Waals surface area contributed by atoms with E-state index in [1.54, 1.807) is 48.5 Å². The smallest absolute Gasteiger partial charge is 0.340 e. The Morgan fingerprint density at radius 2 is 1.71 bits per heavy atom. The molecule has 1 N–H and O–H groups in total. The number of alkyl halides is 3. The minimum Gasteiger partial charge on any atom is -0.340 e. The summed E-state index contributed by atoms with van der Waals surface area (Å²) in [6, 6.07) is 18.2. The van der Waals surface area contributed by atoms with Gasteiger partial charge in [0.1, 0.15) is 17.2 Å². The fourth-order valence-electron chi connectivity index (χ4n) is 2.85. The fourth-order valence-corrected chi connectivity index (χ4v) is 2.85. The molecule has 0 amide bonds. The van der Waals surface area contributed by atoms with Crippen LogP contribution in [0.3, 0.4) is 0 Å². The Bertz CT molecular complexity index is 1190. The Hall–Kier alpha value is -3.86. The highest BCUT2D eigenvalue weighted by atomic mass is 19.4. The van der Waals surface area contributed by atoms with Gasteiger partial charge in [-0.25, -0.2) is 9.97 Å². The summed E-state index contributed by atoms with van der Waals surface area (Å²) in [5.41, 5.74) is 0.403. The maximum atomic E-state index is 13.5. The summed E-state index contributed by atoms with van der Waals surface area (Å²) < 4.78 is 42.0. The minimum absolute atomic E-state index is 0.119. The van der Waals surface area contributed by atoms with E-state index in [1.165, 1.54) is 22.7 Å². The van der Waals surface area contributed by atoms with E-state index in [-0.39, 0.29) is 17.0 Å². The van der Waals surface area contributed by atoms with Gasteiger partial charge in [-0.1, -0.05) is 12.1 Å². The van der Waals surface area contributed by atoms with E-state index < -0.39 is 11.9 Å². The number of anilines is 2. The van der Waals surface area contributed by atoms with Crippen LogP contribution >= 0.6 is 0 Å². The van der Waals surface area contributed by atoms with E-state index in [2.05, 4.69) is 15.3 Å². The molecule has 0 spiro atoms. The molecule has 0 aliphatic carbocycles. The van der Waals surface area contributed by atoms with E-state index in [9.17, 15) is 13.2 Å². The molecule has 3 aromatic heterocycles. The predicted molar refractivity (Wildman–Crippen MR) is 97.9 cm³/mol. The van der Waals surface area contributed by atoms with Gasteiger partial charge in [0, 0.05) is 11.9 Å².